The zero-order chi connectivity index (χ0) is 22.1. The summed E-state index contributed by atoms with van der Waals surface area (Å²) in [5.74, 6) is 0.0493. The number of anilines is 3. The number of amides is 1. The molecule has 0 saturated carbocycles. The number of carbonyl (C=O) groups is 1. The molecule has 0 atom stereocenters. The number of aryl methyl sites for hydroxylation is 1. The predicted molar refractivity (Wildman–Crippen MR) is 127 cm³/mol. The maximum atomic E-state index is 14.0. The molecule has 2 aromatic carbocycles. The fraction of sp³-hybridized carbons (Fsp3) is 0.208. The van der Waals surface area contributed by atoms with Crippen LogP contribution in [0, 0.1) is 12.7 Å². The van der Waals surface area contributed by atoms with Gasteiger partial charge < -0.3 is 15.1 Å². The molecule has 0 radical (unpaired) electrons. The van der Waals surface area contributed by atoms with Crippen molar-refractivity contribution >= 4 is 44.7 Å². The van der Waals surface area contributed by atoms with Gasteiger partial charge in [-0.2, -0.15) is 0 Å². The highest BCUT2D eigenvalue weighted by atomic mass is 32.1. The van der Waals surface area contributed by atoms with Crippen molar-refractivity contribution in [2.75, 3.05) is 41.3 Å². The largest absolute Gasteiger partial charge is 0.368 e. The van der Waals surface area contributed by atoms with Crippen molar-refractivity contribution in [1.29, 1.82) is 0 Å². The van der Waals surface area contributed by atoms with E-state index in [0.29, 0.717) is 4.88 Å². The second kappa shape index (κ2) is 8.55. The summed E-state index contributed by atoms with van der Waals surface area (Å²) in [4.78, 5) is 27.8. The molecule has 0 aliphatic carbocycles. The molecule has 1 N–H and O–H groups in total. The van der Waals surface area contributed by atoms with Gasteiger partial charge in [0.15, 0.2) is 0 Å². The van der Waals surface area contributed by atoms with Crippen LogP contribution in [0.5, 0.6) is 0 Å². The molecule has 3 heterocycles. The molecule has 32 heavy (non-hydrogen) atoms. The van der Waals surface area contributed by atoms with Crippen LogP contribution in [-0.2, 0) is 0 Å². The quantitative estimate of drug-likeness (QED) is 0.491. The van der Waals surface area contributed by atoms with E-state index in [-0.39, 0.29) is 11.6 Å². The number of benzene rings is 2. The number of hydrogen-bond donors (Lipinski definition) is 1. The van der Waals surface area contributed by atoms with Gasteiger partial charge in [0.05, 0.1) is 16.0 Å². The number of para-hydroxylation sites is 2. The first-order valence-corrected chi connectivity index (χ1v) is 11.3. The van der Waals surface area contributed by atoms with E-state index in [0.717, 1.165) is 47.8 Å². The first kappa shape index (κ1) is 20.4. The molecule has 4 aromatic rings. The van der Waals surface area contributed by atoms with E-state index in [2.05, 4.69) is 49.4 Å². The molecule has 1 saturated heterocycles. The second-order valence-electron chi connectivity index (χ2n) is 7.68. The van der Waals surface area contributed by atoms with Crippen LogP contribution >= 0.6 is 11.3 Å². The number of fused-ring (bicyclic) bond motifs is 1. The molecular weight excluding hydrogens is 425 g/mol. The van der Waals surface area contributed by atoms with Crippen molar-refractivity contribution in [3.63, 3.8) is 0 Å². The van der Waals surface area contributed by atoms with Gasteiger partial charge in [-0.05, 0) is 36.8 Å². The maximum Gasteiger partial charge on any atom is 0.266 e. The molecule has 0 bridgehead atoms. The summed E-state index contributed by atoms with van der Waals surface area (Å²) < 4.78 is 14.0. The van der Waals surface area contributed by atoms with E-state index < -0.39 is 5.82 Å². The summed E-state index contributed by atoms with van der Waals surface area (Å²) in [6, 6.07) is 16.5. The Morgan fingerprint density at radius 3 is 2.41 bits per heavy atom. The lowest BCUT2D eigenvalue weighted by molar-refractivity contribution is 0.102. The van der Waals surface area contributed by atoms with E-state index in [4.69, 9.17) is 0 Å². The Bertz CT molecular complexity index is 1270. The predicted octanol–water partition coefficient (Wildman–Crippen LogP) is 4.72. The second-order valence-corrected chi connectivity index (χ2v) is 8.68. The van der Waals surface area contributed by atoms with Crippen LogP contribution in [0.4, 0.5) is 21.6 Å². The van der Waals surface area contributed by atoms with Crippen LogP contribution in [-0.4, -0.2) is 42.1 Å². The third kappa shape index (κ3) is 3.78. The SMILES string of the molecule is Cc1c(C(=O)Nc2ccccc2F)sc2ncnc(N3CCN(c4ccccc4)CC3)c12. The molecule has 1 fully saturated rings. The number of thiophene rings is 1. The first-order valence-electron chi connectivity index (χ1n) is 10.5. The Hall–Kier alpha value is -3.52. The van der Waals surface area contributed by atoms with Crippen molar-refractivity contribution in [2.24, 2.45) is 0 Å². The van der Waals surface area contributed by atoms with Crippen LogP contribution in [0.1, 0.15) is 15.2 Å². The van der Waals surface area contributed by atoms with Crippen LogP contribution in [0.15, 0.2) is 60.9 Å². The van der Waals surface area contributed by atoms with E-state index in [9.17, 15) is 9.18 Å². The summed E-state index contributed by atoms with van der Waals surface area (Å²) in [6.45, 7) is 5.33. The highest BCUT2D eigenvalue weighted by Crippen LogP contribution is 2.36. The normalized spacial score (nSPS) is 14.1. The molecule has 162 valence electrons. The number of hydrogen-bond acceptors (Lipinski definition) is 6. The molecule has 1 amide bonds. The van der Waals surface area contributed by atoms with E-state index in [1.54, 1.807) is 24.5 Å². The van der Waals surface area contributed by atoms with E-state index in [1.165, 1.54) is 23.1 Å². The Labute approximate surface area is 189 Å². The molecule has 5 rings (SSSR count). The van der Waals surface area contributed by atoms with Gasteiger partial charge in [0.25, 0.3) is 5.91 Å². The minimum atomic E-state index is -0.462. The van der Waals surface area contributed by atoms with Crippen molar-refractivity contribution in [1.82, 2.24) is 9.97 Å². The fourth-order valence-corrected chi connectivity index (χ4v) is 5.10. The Morgan fingerprint density at radius 2 is 1.66 bits per heavy atom. The van der Waals surface area contributed by atoms with Crippen molar-refractivity contribution in [3.05, 3.63) is 77.2 Å². The highest BCUT2D eigenvalue weighted by Gasteiger charge is 2.25. The number of rotatable bonds is 4. The number of carbonyl (C=O) groups excluding carboxylic acids is 1. The van der Waals surface area contributed by atoms with Gasteiger partial charge in [-0.1, -0.05) is 30.3 Å². The lowest BCUT2D eigenvalue weighted by atomic mass is 10.1. The highest BCUT2D eigenvalue weighted by molar-refractivity contribution is 7.20. The number of aromatic nitrogens is 2. The number of nitrogens with one attached hydrogen (secondary N) is 1. The zero-order valence-corrected chi connectivity index (χ0v) is 18.4. The Balaban J connectivity index is 1.40. The Morgan fingerprint density at radius 1 is 0.969 bits per heavy atom. The lowest BCUT2D eigenvalue weighted by Crippen LogP contribution is -2.46. The molecule has 6 nitrogen and oxygen atoms in total. The van der Waals surface area contributed by atoms with Gasteiger partial charge in [0, 0.05) is 31.9 Å². The minimum Gasteiger partial charge on any atom is -0.368 e. The average Bonchev–Trinajstić information content (AvgIpc) is 3.18. The standard InChI is InChI=1S/C24H22FN5OS/c1-16-20-22(30-13-11-29(12-14-30)17-7-3-2-4-8-17)26-15-27-24(20)32-21(16)23(31)28-19-10-6-5-9-18(19)25/h2-10,15H,11-14H2,1H3,(H,28,31). The molecular formula is C24H22FN5OS. The number of nitrogens with zero attached hydrogens (tertiary/aromatic N) is 4. The van der Waals surface area contributed by atoms with Gasteiger partial charge in [0.2, 0.25) is 0 Å². The van der Waals surface area contributed by atoms with Crippen LogP contribution in [0.3, 0.4) is 0 Å². The summed E-state index contributed by atoms with van der Waals surface area (Å²) in [5, 5.41) is 3.57. The molecule has 2 aromatic heterocycles. The maximum absolute atomic E-state index is 14.0. The summed E-state index contributed by atoms with van der Waals surface area (Å²) >= 11 is 1.31. The van der Waals surface area contributed by atoms with Crippen molar-refractivity contribution < 1.29 is 9.18 Å². The smallest absolute Gasteiger partial charge is 0.266 e. The van der Waals surface area contributed by atoms with E-state index in [1.807, 2.05) is 13.0 Å². The van der Waals surface area contributed by atoms with Gasteiger partial charge in [0.1, 0.15) is 22.8 Å². The summed E-state index contributed by atoms with van der Waals surface area (Å²) in [6.07, 6.45) is 1.55. The third-order valence-electron chi connectivity index (χ3n) is 5.74. The lowest BCUT2D eigenvalue weighted by Gasteiger charge is -2.37. The van der Waals surface area contributed by atoms with Crippen LogP contribution < -0.4 is 15.1 Å². The molecule has 8 heteroatoms. The topological polar surface area (TPSA) is 61.4 Å². The van der Waals surface area contributed by atoms with Gasteiger partial charge >= 0.3 is 0 Å². The zero-order valence-electron chi connectivity index (χ0n) is 17.6. The van der Waals surface area contributed by atoms with Gasteiger partial charge in [-0.3, -0.25) is 4.79 Å². The Kier molecular flexibility index (Phi) is 5.45. The fourth-order valence-electron chi connectivity index (χ4n) is 4.07. The van der Waals surface area contributed by atoms with Crippen molar-refractivity contribution in [3.8, 4) is 0 Å². The van der Waals surface area contributed by atoms with Gasteiger partial charge in [-0.25, -0.2) is 14.4 Å². The molecule has 0 unspecified atom stereocenters. The molecule has 1 aliphatic rings. The van der Waals surface area contributed by atoms with Gasteiger partial charge in [-0.15, -0.1) is 11.3 Å². The minimum absolute atomic E-state index is 0.165. The number of piperazine rings is 1. The molecule has 1 aliphatic heterocycles. The summed E-state index contributed by atoms with van der Waals surface area (Å²) in [5.41, 5.74) is 2.21. The summed E-state index contributed by atoms with van der Waals surface area (Å²) in [7, 11) is 0. The molecule has 0 spiro atoms. The van der Waals surface area contributed by atoms with Crippen molar-refractivity contribution in [2.45, 2.75) is 6.92 Å². The monoisotopic (exact) mass is 447 g/mol. The third-order valence-corrected chi connectivity index (χ3v) is 6.93. The average molecular weight is 448 g/mol. The van der Waals surface area contributed by atoms with Crippen LogP contribution in [0.25, 0.3) is 10.2 Å². The first-order chi connectivity index (χ1) is 15.6. The van der Waals surface area contributed by atoms with Crippen LogP contribution in [0.2, 0.25) is 0 Å². The number of halogens is 1. The van der Waals surface area contributed by atoms with E-state index >= 15 is 0 Å².